The standard InChI is InChI=1S/C13H20N6O/c1-2-5-14-10-4-3-6-18(8-10)11-7-12-16-17-13(20)19(12)9-15-11/h7,9-10,14H,2-6,8H2,1H3,(H,17,20). The van der Waals surface area contributed by atoms with Gasteiger partial charge in [-0.05, 0) is 25.8 Å². The smallest absolute Gasteiger partial charge is 0.348 e. The topological polar surface area (TPSA) is 78.3 Å². The van der Waals surface area contributed by atoms with Gasteiger partial charge in [0.1, 0.15) is 12.1 Å². The van der Waals surface area contributed by atoms with Gasteiger partial charge in [0.2, 0.25) is 0 Å². The molecule has 1 aliphatic heterocycles. The minimum absolute atomic E-state index is 0.250. The van der Waals surface area contributed by atoms with E-state index in [9.17, 15) is 4.79 Å². The van der Waals surface area contributed by atoms with Crippen molar-refractivity contribution in [3.63, 3.8) is 0 Å². The molecule has 1 unspecified atom stereocenters. The first-order valence-corrected chi connectivity index (χ1v) is 7.19. The molecule has 3 rings (SSSR count). The number of piperidine rings is 1. The van der Waals surface area contributed by atoms with Gasteiger partial charge in [0, 0.05) is 25.2 Å². The van der Waals surface area contributed by atoms with E-state index in [1.807, 2.05) is 6.07 Å². The summed E-state index contributed by atoms with van der Waals surface area (Å²) in [7, 11) is 0. The highest BCUT2D eigenvalue weighted by Gasteiger charge is 2.20. The van der Waals surface area contributed by atoms with Crippen molar-refractivity contribution < 1.29 is 0 Å². The van der Waals surface area contributed by atoms with E-state index in [-0.39, 0.29) is 5.69 Å². The van der Waals surface area contributed by atoms with Gasteiger partial charge in [0.15, 0.2) is 5.65 Å². The Morgan fingerprint density at radius 1 is 1.55 bits per heavy atom. The fourth-order valence-corrected chi connectivity index (χ4v) is 2.67. The van der Waals surface area contributed by atoms with E-state index in [1.54, 1.807) is 6.33 Å². The molecule has 0 amide bonds. The Bertz CT molecular complexity index is 633. The second-order valence-corrected chi connectivity index (χ2v) is 5.24. The predicted molar refractivity (Wildman–Crippen MR) is 77.1 cm³/mol. The van der Waals surface area contributed by atoms with Crippen LogP contribution in [0, 0.1) is 0 Å². The molecule has 0 aliphatic carbocycles. The van der Waals surface area contributed by atoms with E-state index >= 15 is 0 Å². The number of aromatic nitrogens is 4. The number of anilines is 1. The lowest BCUT2D eigenvalue weighted by Gasteiger charge is -2.34. The SMILES string of the molecule is CCCNC1CCCN(c2cc3n[nH]c(=O)n3cn2)C1. The molecule has 108 valence electrons. The number of H-pyrrole nitrogens is 1. The van der Waals surface area contributed by atoms with Crippen LogP contribution in [0.2, 0.25) is 0 Å². The Morgan fingerprint density at radius 2 is 2.45 bits per heavy atom. The third kappa shape index (κ3) is 2.53. The Morgan fingerprint density at radius 3 is 3.30 bits per heavy atom. The lowest BCUT2D eigenvalue weighted by atomic mass is 10.1. The lowest BCUT2D eigenvalue weighted by Crippen LogP contribution is -2.46. The summed E-state index contributed by atoms with van der Waals surface area (Å²) in [5, 5.41) is 9.98. The third-order valence-electron chi connectivity index (χ3n) is 3.72. The van der Waals surface area contributed by atoms with Crippen molar-refractivity contribution in [2.45, 2.75) is 32.2 Å². The molecule has 0 bridgehead atoms. The highest BCUT2D eigenvalue weighted by atomic mass is 16.1. The third-order valence-corrected chi connectivity index (χ3v) is 3.72. The van der Waals surface area contributed by atoms with Crippen LogP contribution < -0.4 is 15.9 Å². The largest absolute Gasteiger partial charge is 0.355 e. The summed E-state index contributed by atoms with van der Waals surface area (Å²) in [6.07, 6.45) is 5.05. The van der Waals surface area contributed by atoms with Crippen LogP contribution in [-0.4, -0.2) is 45.3 Å². The molecule has 1 aliphatic rings. The molecule has 20 heavy (non-hydrogen) atoms. The summed E-state index contributed by atoms with van der Waals surface area (Å²) < 4.78 is 1.42. The van der Waals surface area contributed by atoms with Gasteiger partial charge in [-0.1, -0.05) is 6.92 Å². The van der Waals surface area contributed by atoms with Crippen molar-refractivity contribution in [1.82, 2.24) is 24.9 Å². The van der Waals surface area contributed by atoms with Crippen molar-refractivity contribution in [2.75, 3.05) is 24.5 Å². The number of hydrogen-bond acceptors (Lipinski definition) is 5. The van der Waals surface area contributed by atoms with Gasteiger partial charge < -0.3 is 10.2 Å². The van der Waals surface area contributed by atoms with Crippen LogP contribution >= 0.6 is 0 Å². The average Bonchev–Trinajstić information content (AvgIpc) is 2.86. The number of fused-ring (bicyclic) bond motifs is 1. The van der Waals surface area contributed by atoms with E-state index in [1.165, 1.54) is 10.8 Å². The number of aromatic amines is 1. The van der Waals surface area contributed by atoms with Gasteiger partial charge >= 0.3 is 5.69 Å². The molecule has 2 aromatic heterocycles. The molecule has 3 heterocycles. The van der Waals surface area contributed by atoms with Crippen LogP contribution in [0.15, 0.2) is 17.2 Å². The molecule has 0 radical (unpaired) electrons. The fourth-order valence-electron chi connectivity index (χ4n) is 2.67. The van der Waals surface area contributed by atoms with Crippen molar-refractivity contribution in [2.24, 2.45) is 0 Å². The number of hydrogen-bond donors (Lipinski definition) is 2. The highest BCUT2D eigenvalue weighted by molar-refractivity contribution is 5.50. The number of rotatable bonds is 4. The molecule has 7 heteroatoms. The molecule has 0 aromatic carbocycles. The first-order chi connectivity index (χ1) is 9.78. The first kappa shape index (κ1) is 13.1. The van der Waals surface area contributed by atoms with Gasteiger partial charge in [0.25, 0.3) is 0 Å². The Kier molecular flexibility index (Phi) is 3.68. The molecule has 2 aromatic rings. The van der Waals surface area contributed by atoms with Crippen LogP contribution in [0.25, 0.3) is 5.65 Å². The minimum Gasteiger partial charge on any atom is -0.355 e. The van der Waals surface area contributed by atoms with Gasteiger partial charge in [-0.25, -0.2) is 19.3 Å². The molecule has 2 N–H and O–H groups in total. The van der Waals surface area contributed by atoms with Crippen molar-refractivity contribution in [3.8, 4) is 0 Å². The van der Waals surface area contributed by atoms with Gasteiger partial charge in [-0.2, -0.15) is 5.10 Å². The second-order valence-electron chi connectivity index (χ2n) is 5.24. The summed E-state index contributed by atoms with van der Waals surface area (Å²) in [5.41, 5.74) is 0.365. The average molecular weight is 276 g/mol. The van der Waals surface area contributed by atoms with Crippen molar-refractivity contribution >= 4 is 11.5 Å². The first-order valence-electron chi connectivity index (χ1n) is 7.19. The maximum atomic E-state index is 11.4. The molecule has 1 fully saturated rings. The highest BCUT2D eigenvalue weighted by Crippen LogP contribution is 2.18. The second kappa shape index (κ2) is 5.62. The quantitative estimate of drug-likeness (QED) is 0.844. The van der Waals surface area contributed by atoms with Crippen LogP contribution in [0.1, 0.15) is 26.2 Å². The van der Waals surface area contributed by atoms with E-state index in [4.69, 9.17) is 0 Å². The molecular formula is C13H20N6O. The summed E-state index contributed by atoms with van der Waals surface area (Å²) in [6.45, 7) is 5.19. The zero-order valence-electron chi connectivity index (χ0n) is 11.7. The summed E-state index contributed by atoms with van der Waals surface area (Å²) in [4.78, 5) is 18.1. The summed E-state index contributed by atoms with van der Waals surface area (Å²) >= 11 is 0. The van der Waals surface area contributed by atoms with Gasteiger partial charge in [-0.15, -0.1) is 0 Å². The van der Waals surface area contributed by atoms with Crippen LogP contribution in [0.4, 0.5) is 5.82 Å². The van der Waals surface area contributed by atoms with Gasteiger partial charge in [-0.3, -0.25) is 0 Å². The van der Waals surface area contributed by atoms with E-state index in [2.05, 4.69) is 32.3 Å². The Labute approximate surface area is 117 Å². The van der Waals surface area contributed by atoms with Crippen LogP contribution in [-0.2, 0) is 0 Å². The molecular weight excluding hydrogens is 256 g/mol. The zero-order chi connectivity index (χ0) is 13.9. The normalized spacial score (nSPS) is 19.6. The van der Waals surface area contributed by atoms with E-state index < -0.39 is 0 Å². The van der Waals surface area contributed by atoms with E-state index in [0.717, 1.165) is 38.3 Å². The monoisotopic (exact) mass is 276 g/mol. The maximum Gasteiger partial charge on any atom is 0.348 e. The number of nitrogens with one attached hydrogen (secondary N) is 2. The van der Waals surface area contributed by atoms with Crippen LogP contribution in [0.3, 0.4) is 0 Å². The van der Waals surface area contributed by atoms with Gasteiger partial charge in [0.05, 0.1) is 0 Å². The lowest BCUT2D eigenvalue weighted by molar-refractivity contribution is 0.421. The fraction of sp³-hybridized carbons (Fsp3) is 0.615. The van der Waals surface area contributed by atoms with Crippen LogP contribution in [0.5, 0.6) is 0 Å². The molecule has 1 atom stereocenters. The summed E-state index contributed by atoms with van der Waals surface area (Å²) in [6, 6.07) is 2.38. The molecule has 7 nitrogen and oxygen atoms in total. The Balaban J connectivity index is 1.77. The molecule has 1 saturated heterocycles. The van der Waals surface area contributed by atoms with E-state index in [0.29, 0.717) is 11.7 Å². The minimum atomic E-state index is -0.250. The summed E-state index contributed by atoms with van der Waals surface area (Å²) in [5.74, 6) is 0.888. The number of nitrogens with zero attached hydrogens (tertiary/aromatic N) is 4. The Hall–Kier alpha value is -1.89. The van der Waals surface area contributed by atoms with Crippen molar-refractivity contribution in [3.05, 3.63) is 22.9 Å². The predicted octanol–water partition coefficient (Wildman–Crippen LogP) is 0.386. The molecule has 0 spiro atoms. The zero-order valence-corrected chi connectivity index (χ0v) is 11.7. The van der Waals surface area contributed by atoms with Crippen molar-refractivity contribution in [1.29, 1.82) is 0 Å². The maximum absolute atomic E-state index is 11.4. The molecule has 0 saturated carbocycles.